The molecule has 0 amide bonds. The fourth-order valence-electron chi connectivity index (χ4n) is 2.71. The molecule has 1 fully saturated rings. The first kappa shape index (κ1) is 16.1. The summed E-state index contributed by atoms with van der Waals surface area (Å²) in [7, 11) is -3.58. The molecule has 2 N–H and O–H groups in total. The van der Waals surface area contributed by atoms with Gasteiger partial charge in [0.25, 0.3) is 0 Å². The van der Waals surface area contributed by atoms with Gasteiger partial charge in [0.1, 0.15) is 0 Å². The Morgan fingerprint density at radius 2 is 1.85 bits per heavy atom. The summed E-state index contributed by atoms with van der Waals surface area (Å²) in [5.74, 6) is 0.702. The van der Waals surface area contributed by atoms with Crippen LogP contribution in [0.5, 0.6) is 0 Å². The largest absolute Gasteiger partial charge is 0.398 e. The van der Waals surface area contributed by atoms with Crippen molar-refractivity contribution in [1.29, 1.82) is 0 Å². The zero-order valence-corrected chi connectivity index (χ0v) is 14.6. The number of rotatable bonds is 2. The number of nitrogens with two attached hydrogens (primary N) is 1. The van der Waals surface area contributed by atoms with Gasteiger partial charge in [-0.2, -0.15) is 4.31 Å². The maximum atomic E-state index is 12.8. The SMILES string of the molecule is CC1CC(C)CN(S(=O)(=O)c2cc(Cl)cc(N)c2Br)C1. The minimum Gasteiger partial charge on any atom is -0.398 e. The van der Waals surface area contributed by atoms with E-state index in [9.17, 15) is 8.42 Å². The number of nitrogen functional groups attached to an aromatic ring is 1. The number of hydrogen-bond donors (Lipinski definition) is 1. The maximum absolute atomic E-state index is 12.8. The van der Waals surface area contributed by atoms with E-state index < -0.39 is 10.0 Å². The van der Waals surface area contributed by atoms with Crippen molar-refractivity contribution in [2.45, 2.75) is 25.2 Å². The lowest BCUT2D eigenvalue weighted by Crippen LogP contribution is -2.42. The molecule has 0 spiro atoms. The molecule has 0 aromatic heterocycles. The number of nitrogens with zero attached hydrogens (tertiary/aromatic N) is 1. The van der Waals surface area contributed by atoms with Crippen molar-refractivity contribution in [3.05, 3.63) is 21.6 Å². The van der Waals surface area contributed by atoms with Crippen LogP contribution in [0.1, 0.15) is 20.3 Å². The van der Waals surface area contributed by atoms with Gasteiger partial charge in [-0.3, -0.25) is 0 Å². The molecule has 112 valence electrons. The predicted molar refractivity (Wildman–Crippen MR) is 85.3 cm³/mol. The molecule has 2 rings (SSSR count). The first-order valence-electron chi connectivity index (χ1n) is 6.46. The van der Waals surface area contributed by atoms with Crippen LogP contribution in [0.25, 0.3) is 0 Å². The molecule has 1 aromatic rings. The number of benzene rings is 1. The average Bonchev–Trinajstić information content (AvgIpc) is 2.32. The zero-order valence-electron chi connectivity index (χ0n) is 11.4. The van der Waals surface area contributed by atoms with E-state index in [1.54, 1.807) is 0 Å². The summed E-state index contributed by atoms with van der Waals surface area (Å²) >= 11 is 9.20. The second-order valence-electron chi connectivity index (χ2n) is 5.58. The molecule has 0 aliphatic carbocycles. The van der Waals surface area contributed by atoms with Gasteiger partial charge in [0.05, 0.1) is 9.37 Å². The standard InChI is InChI=1S/C13H18BrClN2O2S/c1-8-3-9(2)7-17(6-8)20(18,19)12-5-10(15)4-11(16)13(12)14/h4-5,8-9H,3,6-7,16H2,1-2H3. The zero-order chi connectivity index (χ0) is 15.1. The summed E-state index contributed by atoms with van der Waals surface area (Å²) < 4.78 is 27.5. The Bertz CT molecular complexity index is 611. The Balaban J connectivity index is 2.45. The lowest BCUT2D eigenvalue weighted by molar-refractivity contribution is 0.222. The first-order valence-corrected chi connectivity index (χ1v) is 9.07. The normalized spacial score (nSPS) is 24.8. The quantitative estimate of drug-likeness (QED) is 0.799. The highest BCUT2D eigenvalue weighted by atomic mass is 79.9. The van der Waals surface area contributed by atoms with E-state index in [-0.39, 0.29) is 4.90 Å². The lowest BCUT2D eigenvalue weighted by Gasteiger charge is -2.34. The topological polar surface area (TPSA) is 63.4 Å². The molecule has 2 atom stereocenters. The molecule has 7 heteroatoms. The average molecular weight is 382 g/mol. The lowest BCUT2D eigenvalue weighted by atomic mass is 9.94. The second kappa shape index (κ2) is 5.83. The van der Waals surface area contributed by atoms with Crippen LogP contribution in [0.2, 0.25) is 5.02 Å². The van der Waals surface area contributed by atoms with Crippen LogP contribution in [0, 0.1) is 11.8 Å². The highest BCUT2D eigenvalue weighted by Crippen LogP contribution is 2.35. The van der Waals surface area contributed by atoms with Gasteiger partial charge >= 0.3 is 0 Å². The monoisotopic (exact) mass is 380 g/mol. The molecule has 0 radical (unpaired) electrons. The van der Waals surface area contributed by atoms with Gasteiger partial charge in [-0.05, 0) is 46.3 Å². The highest BCUT2D eigenvalue weighted by Gasteiger charge is 2.33. The number of sulfonamides is 1. The summed E-state index contributed by atoms with van der Waals surface area (Å²) in [4.78, 5) is 0.142. The molecule has 4 nitrogen and oxygen atoms in total. The third-order valence-electron chi connectivity index (χ3n) is 3.49. The molecule has 2 unspecified atom stereocenters. The van der Waals surface area contributed by atoms with Crippen LogP contribution >= 0.6 is 27.5 Å². The molecular formula is C13H18BrClN2O2S. The Hall–Kier alpha value is -0.300. The van der Waals surface area contributed by atoms with Crippen LogP contribution < -0.4 is 5.73 Å². The fourth-order valence-corrected chi connectivity index (χ4v) is 5.65. The summed E-state index contributed by atoms with van der Waals surface area (Å²) in [6.45, 7) is 5.20. The van der Waals surface area contributed by atoms with E-state index in [2.05, 4.69) is 29.8 Å². The Kier molecular flexibility index (Phi) is 4.69. The molecule has 1 aliphatic heterocycles. The van der Waals surface area contributed by atoms with Crippen LogP contribution in [0.15, 0.2) is 21.5 Å². The predicted octanol–water partition coefficient (Wildman–Crippen LogP) is 3.35. The summed E-state index contributed by atoms with van der Waals surface area (Å²) in [6.07, 6.45) is 1.05. The van der Waals surface area contributed by atoms with E-state index in [1.807, 2.05) is 0 Å². The van der Waals surface area contributed by atoms with E-state index in [0.717, 1.165) is 6.42 Å². The molecule has 20 heavy (non-hydrogen) atoms. The Labute approximate surface area is 133 Å². The van der Waals surface area contributed by atoms with E-state index in [0.29, 0.717) is 40.1 Å². The van der Waals surface area contributed by atoms with Gasteiger partial charge in [0.15, 0.2) is 0 Å². The second-order valence-corrected chi connectivity index (χ2v) is 8.71. The van der Waals surface area contributed by atoms with Gasteiger partial charge < -0.3 is 5.73 Å². The molecule has 0 bridgehead atoms. The van der Waals surface area contributed by atoms with Crippen molar-refractivity contribution in [2.75, 3.05) is 18.8 Å². The Morgan fingerprint density at radius 1 is 1.30 bits per heavy atom. The van der Waals surface area contributed by atoms with E-state index in [1.165, 1.54) is 16.4 Å². The summed E-state index contributed by atoms with van der Waals surface area (Å²) in [6, 6.07) is 2.98. The van der Waals surface area contributed by atoms with Crippen molar-refractivity contribution < 1.29 is 8.42 Å². The van der Waals surface area contributed by atoms with Crippen LogP contribution in [0.4, 0.5) is 5.69 Å². The van der Waals surface area contributed by atoms with E-state index >= 15 is 0 Å². The first-order chi connectivity index (χ1) is 9.21. The number of halogens is 2. The summed E-state index contributed by atoms with van der Waals surface area (Å²) in [5, 5.41) is 0.322. The minimum atomic E-state index is -3.58. The van der Waals surface area contributed by atoms with Crippen molar-refractivity contribution in [3.8, 4) is 0 Å². The van der Waals surface area contributed by atoms with Crippen molar-refractivity contribution in [3.63, 3.8) is 0 Å². The molecule has 1 aromatic carbocycles. The number of anilines is 1. The van der Waals surface area contributed by atoms with Gasteiger partial charge in [0.2, 0.25) is 10.0 Å². The third kappa shape index (κ3) is 3.13. The van der Waals surface area contributed by atoms with E-state index in [4.69, 9.17) is 17.3 Å². The van der Waals surface area contributed by atoms with Crippen LogP contribution in [0.3, 0.4) is 0 Å². The van der Waals surface area contributed by atoms with Crippen LogP contribution in [-0.2, 0) is 10.0 Å². The van der Waals surface area contributed by atoms with Crippen LogP contribution in [-0.4, -0.2) is 25.8 Å². The maximum Gasteiger partial charge on any atom is 0.244 e. The minimum absolute atomic E-state index is 0.142. The van der Waals surface area contributed by atoms with Gasteiger partial charge in [-0.25, -0.2) is 8.42 Å². The highest BCUT2D eigenvalue weighted by molar-refractivity contribution is 9.10. The van der Waals surface area contributed by atoms with Crippen molar-refractivity contribution in [1.82, 2.24) is 4.31 Å². The van der Waals surface area contributed by atoms with Crippen molar-refractivity contribution in [2.24, 2.45) is 11.8 Å². The van der Waals surface area contributed by atoms with Crippen molar-refractivity contribution >= 4 is 43.2 Å². The fraction of sp³-hybridized carbons (Fsp3) is 0.538. The Morgan fingerprint density at radius 3 is 2.40 bits per heavy atom. The molecule has 1 saturated heterocycles. The molecule has 0 saturated carbocycles. The number of piperidine rings is 1. The molecular weight excluding hydrogens is 364 g/mol. The smallest absolute Gasteiger partial charge is 0.244 e. The summed E-state index contributed by atoms with van der Waals surface area (Å²) in [5.41, 5.74) is 6.12. The molecule has 1 heterocycles. The molecule has 1 aliphatic rings. The van der Waals surface area contributed by atoms with Gasteiger partial charge in [0, 0.05) is 23.8 Å². The third-order valence-corrected chi connectivity index (χ3v) is 6.71. The van der Waals surface area contributed by atoms with Gasteiger partial charge in [-0.15, -0.1) is 0 Å². The van der Waals surface area contributed by atoms with Gasteiger partial charge in [-0.1, -0.05) is 25.4 Å². The number of hydrogen-bond acceptors (Lipinski definition) is 3.